The Labute approximate surface area is 123 Å². The summed E-state index contributed by atoms with van der Waals surface area (Å²) in [7, 11) is 0. The molecule has 0 saturated heterocycles. The number of amides is 1. The quantitative estimate of drug-likeness (QED) is 0.878. The third kappa shape index (κ3) is 2.94. The van der Waals surface area contributed by atoms with Gasteiger partial charge >= 0.3 is 0 Å². The predicted octanol–water partition coefficient (Wildman–Crippen LogP) is 4.40. The molecule has 0 fully saturated rings. The van der Waals surface area contributed by atoms with Crippen molar-refractivity contribution >= 4 is 44.8 Å². The third-order valence-electron chi connectivity index (χ3n) is 2.54. The van der Waals surface area contributed by atoms with Crippen LogP contribution in [0.3, 0.4) is 0 Å². The fourth-order valence-electron chi connectivity index (χ4n) is 1.53. The van der Waals surface area contributed by atoms with Crippen LogP contribution in [0.15, 0.2) is 34.1 Å². The summed E-state index contributed by atoms with van der Waals surface area (Å²) in [5, 5.41) is 5.36. The number of hydrogen-bond donors (Lipinski definition) is 1. The van der Waals surface area contributed by atoms with Crippen molar-refractivity contribution in [2.75, 3.05) is 0 Å². The molecule has 5 heteroatoms. The molecule has 0 saturated carbocycles. The van der Waals surface area contributed by atoms with Gasteiger partial charge in [-0.3, -0.25) is 4.79 Å². The van der Waals surface area contributed by atoms with Crippen LogP contribution in [0.5, 0.6) is 0 Å². The molecule has 0 radical (unpaired) electrons. The van der Waals surface area contributed by atoms with Gasteiger partial charge in [0, 0.05) is 9.35 Å². The van der Waals surface area contributed by atoms with E-state index < -0.39 is 0 Å². The van der Waals surface area contributed by atoms with Crippen LogP contribution in [-0.2, 0) is 6.54 Å². The Morgan fingerprint density at radius 2 is 2.22 bits per heavy atom. The lowest BCUT2D eigenvalue weighted by Crippen LogP contribution is -2.22. The molecule has 2 aromatic rings. The predicted molar refractivity (Wildman–Crippen MR) is 79.4 cm³/mol. The second-order valence-electron chi connectivity index (χ2n) is 3.81. The summed E-state index contributed by atoms with van der Waals surface area (Å²) in [5.41, 5.74) is 1.42. The topological polar surface area (TPSA) is 29.1 Å². The highest BCUT2D eigenvalue weighted by Crippen LogP contribution is 2.23. The van der Waals surface area contributed by atoms with Crippen LogP contribution < -0.4 is 5.32 Å². The Balaban J connectivity index is 2.09. The van der Waals surface area contributed by atoms with E-state index in [1.54, 1.807) is 17.4 Å². The number of rotatable bonds is 3. The first-order valence-corrected chi connectivity index (χ1v) is 7.40. The van der Waals surface area contributed by atoms with Crippen molar-refractivity contribution in [2.45, 2.75) is 13.5 Å². The van der Waals surface area contributed by atoms with Gasteiger partial charge < -0.3 is 5.32 Å². The van der Waals surface area contributed by atoms with Crippen LogP contribution in [0.2, 0.25) is 5.02 Å². The minimum Gasteiger partial charge on any atom is -0.347 e. The number of hydrogen-bond acceptors (Lipinski definition) is 2. The molecule has 1 heterocycles. The molecule has 1 aromatic heterocycles. The molecule has 94 valence electrons. The molecule has 1 N–H and O–H groups in total. The highest BCUT2D eigenvalue weighted by Gasteiger charge is 2.12. The van der Waals surface area contributed by atoms with E-state index in [1.165, 1.54) is 0 Å². The van der Waals surface area contributed by atoms with Gasteiger partial charge in [-0.05, 0) is 45.9 Å². The Hall–Kier alpha value is -0.840. The molecule has 2 rings (SSSR count). The highest BCUT2D eigenvalue weighted by atomic mass is 79.9. The number of carbonyl (C=O) groups excluding carboxylic acids is 1. The Kier molecular flexibility index (Phi) is 4.43. The molecular weight excluding hydrogens is 334 g/mol. The molecular formula is C13H11BrClNOS. The average molecular weight is 345 g/mol. The van der Waals surface area contributed by atoms with E-state index in [9.17, 15) is 4.79 Å². The van der Waals surface area contributed by atoms with E-state index in [1.807, 2.05) is 30.5 Å². The standard InChI is InChI=1S/C13H11BrClNOS/c1-8-3-2-4-9(12(8)15)13(17)16-7-11-10(14)5-6-18-11/h2-6H,7H2,1H3,(H,16,17). The van der Waals surface area contributed by atoms with Crippen molar-refractivity contribution in [2.24, 2.45) is 0 Å². The summed E-state index contributed by atoms with van der Waals surface area (Å²) >= 11 is 11.1. The van der Waals surface area contributed by atoms with Gasteiger partial charge in [-0.25, -0.2) is 0 Å². The van der Waals surface area contributed by atoms with E-state index in [0.717, 1.165) is 14.9 Å². The van der Waals surface area contributed by atoms with Crippen LogP contribution in [0, 0.1) is 6.92 Å². The van der Waals surface area contributed by atoms with E-state index in [-0.39, 0.29) is 5.91 Å². The summed E-state index contributed by atoms with van der Waals surface area (Å²) < 4.78 is 1.02. The molecule has 0 aliphatic rings. The van der Waals surface area contributed by atoms with E-state index in [0.29, 0.717) is 17.1 Å². The Morgan fingerprint density at radius 3 is 2.89 bits per heavy atom. The number of aryl methyl sites for hydroxylation is 1. The second kappa shape index (κ2) is 5.87. The lowest BCUT2D eigenvalue weighted by Gasteiger charge is -2.07. The van der Waals surface area contributed by atoms with Gasteiger partial charge in [0.1, 0.15) is 0 Å². The summed E-state index contributed by atoms with van der Waals surface area (Å²) in [6, 6.07) is 7.41. The van der Waals surface area contributed by atoms with Crippen molar-refractivity contribution in [3.63, 3.8) is 0 Å². The van der Waals surface area contributed by atoms with Crippen molar-refractivity contribution in [3.8, 4) is 0 Å². The van der Waals surface area contributed by atoms with Gasteiger partial charge in [-0.2, -0.15) is 0 Å². The minimum atomic E-state index is -0.149. The SMILES string of the molecule is Cc1cccc(C(=O)NCc2sccc2Br)c1Cl. The molecule has 1 amide bonds. The van der Waals surface area contributed by atoms with Crippen molar-refractivity contribution < 1.29 is 4.79 Å². The van der Waals surface area contributed by atoms with Crippen LogP contribution in [0.1, 0.15) is 20.8 Å². The molecule has 0 aliphatic heterocycles. The number of benzene rings is 1. The maximum atomic E-state index is 12.0. The zero-order valence-electron chi connectivity index (χ0n) is 9.67. The number of carbonyl (C=O) groups is 1. The van der Waals surface area contributed by atoms with Gasteiger partial charge in [0.15, 0.2) is 0 Å². The normalized spacial score (nSPS) is 10.4. The van der Waals surface area contributed by atoms with Gasteiger partial charge in [-0.15, -0.1) is 11.3 Å². The number of halogens is 2. The molecule has 0 aliphatic carbocycles. The largest absolute Gasteiger partial charge is 0.347 e. The third-order valence-corrected chi connectivity index (χ3v) is 4.97. The molecule has 0 unspecified atom stereocenters. The molecule has 1 aromatic carbocycles. The van der Waals surface area contributed by atoms with Crippen LogP contribution >= 0.6 is 38.9 Å². The molecule has 2 nitrogen and oxygen atoms in total. The monoisotopic (exact) mass is 343 g/mol. The van der Waals surface area contributed by atoms with E-state index in [4.69, 9.17) is 11.6 Å². The Bertz CT molecular complexity index is 582. The zero-order valence-corrected chi connectivity index (χ0v) is 12.8. The van der Waals surface area contributed by atoms with Crippen molar-refractivity contribution in [3.05, 3.63) is 55.1 Å². The van der Waals surface area contributed by atoms with E-state index in [2.05, 4.69) is 21.2 Å². The van der Waals surface area contributed by atoms with Gasteiger partial charge in [-0.1, -0.05) is 23.7 Å². The maximum Gasteiger partial charge on any atom is 0.253 e. The maximum absolute atomic E-state index is 12.0. The first kappa shape index (κ1) is 13.6. The van der Waals surface area contributed by atoms with Gasteiger partial charge in [0.2, 0.25) is 0 Å². The van der Waals surface area contributed by atoms with Crippen LogP contribution in [-0.4, -0.2) is 5.91 Å². The molecule has 0 bridgehead atoms. The smallest absolute Gasteiger partial charge is 0.253 e. The van der Waals surface area contributed by atoms with Gasteiger partial charge in [0.05, 0.1) is 17.1 Å². The number of thiophene rings is 1. The van der Waals surface area contributed by atoms with Crippen LogP contribution in [0.25, 0.3) is 0 Å². The lowest BCUT2D eigenvalue weighted by molar-refractivity contribution is 0.0951. The van der Waals surface area contributed by atoms with Crippen molar-refractivity contribution in [1.29, 1.82) is 0 Å². The molecule has 0 atom stereocenters. The summed E-state index contributed by atoms with van der Waals surface area (Å²) in [6.45, 7) is 2.39. The second-order valence-corrected chi connectivity index (χ2v) is 6.04. The van der Waals surface area contributed by atoms with E-state index >= 15 is 0 Å². The molecule has 18 heavy (non-hydrogen) atoms. The highest BCUT2D eigenvalue weighted by molar-refractivity contribution is 9.10. The summed E-state index contributed by atoms with van der Waals surface area (Å²) in [6.07, 6.45) is 0. The fraction of sp³-hybridized carbons (Fsp3) is 0.154. The van der Waals surface area contributed by atoms with Gasteiger partial charge in [0.25, 0.3) is 5.91 Å². The molecule has 0 spiro atoms. The lowest BCUT2D eigenvalue weighted by atomic mass is 10.1. The number of nitrogens with one attached hydrogen (secondary N) is 1. The fourth-order valence-corrected chi connectivity index (χ4v) is 3.17. The first-order chi connectivity index (χ1) is 8.59. The summed E-state index contributed by atoms with van der Waals surface area (Å²) in [5.74, 6) is -0.149. The average Bonchev–Trinajstić information content (AvgIpc) is 2.75. The Morgan fingerprint density at radius 1 is 1.44 bits per heavy atom. The van der Waals surface area contributed by atoms with Crippen LogP contribution in [0.4, 0.5) is 0 Å². The zero-order chi connectivity index (χ0) is 13.1. The minimum absolute atomic E-state index is 0.149. The van der Waals surface area contributed by atoms with Crippen molar-refractivity contribution in [1.82, 2.24) is 5.32 Å². The first-order valence-electron chi connectivity index (χ1n) is 5.35. The summed E-state index contributed by atoms with van der Waals surface area (Å²) in [4.78, 5) is 13.1.